The van der Waals surface area contributed by atoms with Crippen LogP contribution in [0.15, 0.2) is 11.4 Å². The molecule has 0 aliphatic carbocycles. The van der Waals surface area contributed by atoms with Crippen molar-refractivity contribution in [3.8, 4) is 5.75 Å². The van der Waals surface area contributed by atoms with Gasteiger partial charge in [-0.15, -0.1) is 11.3 Å². The van der Waals surface area contributed by atoms with Crippen LogP contribution >= 0.6 is 11.3 Å². The number of aliphatic hydroxyl groups excluding tert-OH is 1. The van der Waals surface area contributed by atoms with E-state index in [4.69, 9.17) is 4.74 Å². The largest absolute Gasteiger partial charge is 0.496 e. The maximum atomic E-state index is 9.66. The molecule has 1 unspecified atom stereocenters. The van der Waals surface area contributed by atoms with Gasteiger partial charge in [-0.25, -0.2) is 0 Å². The van der Waals surface area contributed by atoms with Crippen molar-refractivity contribution < 1.29 is 9.84 Å². The Kier molecular flexibility index (Phi) is 3.12. The average Bonchev–Trinajstić information content (AvgIpc) is 2.50. The molecule has 1 rings (SSSR count). The van der Waals surface area contributed by atoms with Crippen molar-refractivity contribution >= 4 is 11.3 Å². The fourth-order valence-corrected chi connectivity index (χ4v) is 1.94. The van der Waals surface area contributed by atoms with Gasteiger partial charge in [0.15, 0.2) is 0 Å². The van der Waals surface area contributed by atoms with Crippen LogP contribution < -0.4 is 4.74 Å². The lowest BCUT2D eigenvalue weighted by molar-refractivity contribution is 0.130. The lowest BCUT2D eigenvalue weighted by Crippen LogP contribution is -2.02. The maximum Gasteiger partial charge on any atom is 0.129 e. The molecule has 3 heteroatoms. The standard InChI is InChI=1S/C9H14O2S/c1-6(2)9(10)8-4-7(11-3)5-12-8/h4-6,9-10H,1-3H3. The van der Waals surface area contributed by atoms with Crippen LogP contribution in [0.25, 0.3) is 0 Å². The first-order valence-electron chi connectivity index (χ1n) is 3.95. The third-order valence-corrected chi connectivity index (χ3v) is 2.74. The Morgan fingerprint density at radius 3 is 2.58 bits per heavy atom. The Morgan fingerprint density at radius 2 is 2.17 bits per heavy atom. The molecule has 12 heavy (non-hydrogen) atoms. The normalized spacial score (nSPS) is 13.4. The first-order chi connectivity index (χ1) is 5.65. The van der Waals surface area contributed by atoms with E-state index in [2.05, 4.69) is 0 Å². The number of methoxy groups -OCH3 is 1. The van der Waals surface area contributed by atoms with Gasteiger partial charge in [-0.3, -0.25) is 0 Å². The van der Waals surface area contributed by atoms with Gasteiger partial charge in [0.1, 0.15) is 5.75 Å². The first-order valence-corrected chi connectivity index (χ1v) is 4.83. The summed E-state index contributed by atoms with van der Waals surface area (Å²) < 4.78 is 5.02. The van der Waals surface area contributed by atoms with Crippen LogP contribution in [0.1, 0.15) is 24.8 Å². The van der Waals surface area contributed by atoms with Gasteiger partial charge >= 0.3 is 0 Å². The summed E-state index contributed by atoms with van der Waals surface area (Å²) in [5, 5.41) is 11.6. The molecule has 0 aromatic carbocycles. The van der Waals surface area contributed by atoms with Crippen LogP contribution in [0.4, 0.5) is 0 Å². The van der Waals surface area contributed by atoms with Crippen LogP contribution in [0.3, 0.4) is 0 Å². The predicted octanol–water partition coefficient (Wildman–Crippen LogP) is 2.45. The highest BCUT2D eigenvalue weighted by atomic mass is 32.1. The van der Waals surface area contributed by atoms with E-state index in [-0.39, 0.29) is 12.0 Å². The number of aliphatic hydroxyl groups is 1. The molecule has 1 aromatic rings. The highest BCUT2D eigenvalue weighted by Crippen LogP contribution is 2.30. The summed E-state index contributed by atoms with van der Waals surface area (Å²) in [6.45, 7) is 3.99. The molecule has 0 saturated heterocycles. The Bertz CT molecular complexity index is 242. The van der Waals surface area contributed by atoms with E-state index in [9.17, 15) is 5.11 Å². The van der Waals surface area contributed by atoms with Crippen molar-refractivity contribution in [2.45, 2.75) is 20.0 Å². The van der Waals surface area contributed by atoms with Crippen LogP contribution in [0.2, 0.25) is 0 Å². The molecule has 68 valence electrons. The number of hydrogen-bond acceptors (Lipinski definition) is 3. The maximum absolute atomic E-state index is 9.66. The van der Waals surface area contributed by atoms with Gasteiger partial charge in [0, 0.05) is 10.3 Å². The van der Waals surface area contributed by atoms with Crippen molar-refractivity contribution in [3.05, 3.63) is 16.3 Å². The first kappa shape index (κ1) is 9.55. The number of thiophene rings is 1. The lowest BCUT2D eigenvalue weighted by Gasteiger charge is -2.11. The lowest BCUT2D eigenvalue weighted by atomic mass is 10.1. The van der Waals surface area contributed by atoms with E-state index in [0.29, 0.717) is 0 Å². The van der Waals surface area contributed by atoms with Crippen LogP contribution in [0.5, 0.6) is 5.75 Å². The Labute approximate surface area is 76.8 Å². The minimum Gasteiger partial charge on any atom is -0.496 e. The highest BCUT2D eigenvalue weighted by Gasteiger charge is 2.14. The average molecular weight is 186 g/mol. The summed E-state index contributed by atoms with van der Waals surface area (Å²) in [4.78, 5) is 0.974. The topological polar surface area (TPSA) is 29.5 Å². The zero-order valence-corrected chi connectivity index (χ0v) is 8.39. The van der Waals surface area contributed by atoms with Gasteiger partial charge in [0.25, 0.3) is 0 Å². The molecule has 1 N–H and O–H groups in total. The summed E-state index contributed by atoms with van der Waals surface area (Å²) in [5.74, 6) is 1.09. The molecule has 2 nitrogen and oxygen atoms in total. The molecule has 1 aromatic heterocycles. The molecule has 0 saturated carbocycles. The van der Waals surface area contributed by atoms with Gasteiger partial charge in [0.05, 0.1) is 13.2 Å². The number of ether oxygens (including phenoxy) is 1. The smallest absolute Gasteiger partial charge is 0.129 e. The monoisotopic (exact) mass is 186 g/mol. The second-order valence-electron chi connectivity index (χ2n) is 3.08. The highest BCUT2D eigenvalue weighted by molar-refractivity contribution is 7.10. The summed E-state index contributed by atoms with van der Waals surface area (Å²) in [6.07, 6.45) is -0.362. The van der Waals surface area contributed by atoms with E-state index in [1.54, 1.807) is 7.11 Å². The SMILES string of the molecule is COc1csc(C(O)C(C)C)c1. The zero-order chi connectivity index (χ0) is 9.14. The third-order valence-electron chi connectivity index (χ3n) is 1.75. The fourth-order valence-electron chi connectivity index (χ4n) is 0.925. The Morgan fingerprint density at radius 1 is 1.50 bits per heavy atom. The summed E-state index contributed by atoms with van der Waals surface area (Å²) in [6, 6.07) is 1.88. The minimum absolute atomic E-state index is 0.258. The second-order valence-corrected chi connectivity index (χ2v) is 4.02. The second kappa shape index (κ2) is 3.92. The van der Waals surface area contributed by atoms with Crippen molar-refractivity contribution in [2.75, 3.05) is 7.11 Å². The Balaban J connectivity index is 2.74. The molecule has 0 bridgehead atoms. The molecule has 1 atom stereocenters. The van der Waals surface area contributed by atoms with E-state index in [0.717, 1.165) is 10.6 Å². The van der Waals surface area contributed by atoms with Gasteiger partial charge in [0.2, 0.25) is 0 Å². The van der Waals surface area contributed by atoms with Crippen LogP contribution in [0, 0.1) is 5.92 Å². The fraction of sp³-hybridized carbons (Fsp3) is 0.556. The molecular formula is C9H14O2S. The van der Waals surface area contributed by atoms with Crippen molar-refractivity contribution in [1.82, 2.24) is 0 Å². The zero-order valence-electron chi connectivity index (χ0n) is 7.57. The molecular weight excluding hydrogens is 172 g/mol. The molecule has 0 spiro atoms. The number of hydrogen-bond donors (Lipinski definition) is 1. The van der Waals surface area contributed by atoms with Crippen molar-refractivity contribution in [3.63, 3.8) is 0 Å². The van der Waals surface area contributed by atoms with Gasteiger partial charge in [-0.1, -0.05) is 13.8 Å². The van der Waals surface area contributed by atoms with Gasteiger partial charge in [-0.05, 0) is 12.0 Å². The number of rotatable bonds is 3. The molecule has 1 heterocycles. The predicted molar refractivity (Wildman–Crippen MR) is 50.7 cm³/mol. The van der Waals surface area contributed by atoms with Gasteiger partial charge < -0.3 is 9.84 Å². The molecule has 0 radical (unpaired) electrons. The van der Waals surface area contributed by atoms with Crippen LogP contribution in [-0.4, -0.2) is 12.2 Å². The molecule has 0 fully saturated rings. The molecule has 0 amide bonds. The van der Waals surface area contributed by atoms with E-state index >= 15 is 0 Å². The molecule has 0 aliphatic rings. The summed E-state index contributed by atoms with van der Waals surface area (Å²) in [5.41, 5.74) is 0. The van der Waals surface area contributed by atoms with Crippen molar-refractivity contribution in [1.29, 1.82) is 0 Å². The quantitative estimate of drug-likeness (QED) is 0.785. The summed E-state index contributed by atoms with van der Waals surface area (Å²) >= 11 is 1.54. The van der Waals surface area contributed by atoms with Crippen molar-refractivity contribution in [2.24, 2.45) is 5.92 Å². The van der Waals surface area contributed by atoms with Gasteiger partial charge in [-0.2, -0.15) is 0 Å². The van der Waals surface area contributed by atoms with E-state index in [1.807, 2.05) is 25.3 Å². The third kappa shape index (κ3) is 1.99. The Hall–Kier alpha value is -0.540. The van der Waals surface area contributed by atoms with E-state index < -0.39 is 0 Å². The van der Waals surface area contributed by atoms with Crippen LogP contribution in [-0.2, 0) is 0 Å². The van der Waals surface area contributed by atoms with E-state index in [1.165, 1.54) is 11.3 Å². The minimum atomic E-state index is -0.362. The summed E-state index contributed by atoms with van der Waals surface area (Å²) in [7, 11) is 1.63. The molecule has 0 aliphatic heterocycles.